The molecule has 0 radical (unpaired) electrons. The first kappa shape index (κ1) is 20.3. The third-order valence-corrected chi connectivity index (χ3v) is 4.43. The van der Waals surface area contributed by atoms with Gasteiger partial charge in [-0.25, -0.2) is 0 Å². The number of para-hydroxylation sites is 1. The third-order valence-electron chi connectivity index (χ3n) is 4.43. The van der Waals surface area contributed by atoms with Gasteiger partial charge in [-0.1, -0.05) is 22.4 Å². The predicted molar refractivity (Wildman–Crippen MR) is 112 cm³/mol. The van der Waals surface area contributed by atoms with Crippen LogP contribution in [-0.4, -0.2) is 32.8 Å². The molecule has 0 unspecified atom stereocenters. The second kappa shape index (κ2) is 9.21. The van der Waals surface area contributed by atoms with Crippen LogP contribution in [0.15, 0.2) is 57.6 Å². The molecule has 0 fully saturated rings. The van der Waals surface area contributed by atoms with Crippen LogP contribution in [-0.2, 0) is 11.2 Å². The number of nitrogens with one attached hydrogen (secondary N) is 1. The standard InChI is InChI=1S/C22H21N5O4/c1-3-29-16-10-8-15(9-11-16)21-25-20(31-26-21)13-12-19(28)24-18-7-5-4-6-17(18)22-23-14(2)30-27-22/h4-11H,3,12-13H2,1-2H3,(H,24,28). The molecule has 0 aliphatic heterocycles. The molecule has 4 rings (SSSR count). The van der Waals surface area contributed by atoms with Gasteiger partial charge in [0.2, 0.25) is 29.3 Å². The number of aromatic nitrogens is 4. The molecule has 158 valence electrons. The van der Waals surface area contributed by atoms with Crippen LogP contribution in [0.25, 0.3) is 22.8 Å². The van der Waals surface area contributed by atoms with E-state index < -0.39 is 0 Å². The summed E-state index contributed by atoms with van der Waals surface area (Å²) in [5, 5.41) is 10.8. The van der Waals surface area contributed by atoms with E-state index in [4.69, 9.17) is 13.8 Å². The van der Waals surface area contributed by atoms with Gasteiger partial charge in [-0.15, -0.1) is 0 Å². The lowest BCUT2D eigenvalue weighted by atomic mass is 10.1. The number of aryl methyl sites for hydroxylation is 2. The average Bonchev–Trinajstić information content (AvgIpc) is 3.43. The Bertz CT molecular complexity index is 1170. The van der Waals surface area contributed by atoms with Crippen molar-refractivity contribution in [3.05, 3.63) is 60.3 Å². The molecule has 9 nitrogen and oxygen atoms in total. The molecule has 0 bridgehead atoms. The van der Waals surface area contributed by atoms with Crippen LogP contribution in [0.3, 0.4) is 0 Å². The quantitative estimate of drug-likeness (QED) is 0.454. The molecule has 0 aliphatic carbocycles. The highest BCUT2D eigenvalue weighted by molar-refractivity contribution is 5.94. The van der Waals surface area contributed by atoms with Crippen molar-refractivity contribution in [2.75, 3.05) is 11.9 Å². The van der Waals surface area contributed by atoms with E-state index in [-0.39, 0.29) is 12.3 Å². The van der Waals surface area contributed by atoms with Crippen LogP contribution in [0.2, 0.25) is 0 Å². The molecule has 4 aromatic rings. The van der Waals surface area contributed by atoms with E-state index in [9.17, 15) is 4.79 Å². The number of nitrogens with zero attached hydrogens (tertiary/aromatic N) is 4. The van der Waals surface area contributed by atoms with Gasteiger partial charge < -0.3 is 19.1 Å². The zero-order valence-electron chi connectivity index (χ0n) is 17.2. The van der Waals surface area contributed by atoms with E-state index in [1.54, 1.807) is 13.0 Å². The molecule has 9 heteroatoms. The molecule has 0 aliphatic rings. The van der Waals surface area contributed by atoms with Crippen LogP contribution in [0.1, 0.15) is 25.1 Å². The highest BCUT2D eigenvalue weighted by Crippen LogP contribution is 2.25. The van der Waals surface area contributed by atoms with Crippen LogP contribution < -0.4 is 10.1 Å². The summed E-state index contributed by atoms with van der Waals surface area (Å²) in [5.74, 6) is 2.33. The fourth-order valence-corrected chi connectivity index (χ4v) is 2.97. The van der Waals surface area contributed by atoms with E-state index in [1.807, 2.05) is 49.4 Å². The summed E-state index contributed by atoms with van der Waals surface area (Å²) >= 11 is 0. The summed E-state index contributed by atoms with van der Waals surface area (Å²) in [7, 11) is 0. The lowest BCUT2D eigenvalue weighted by Gasteiger charge is -2.07. The second-order valence-electron chi connectivity index (χ2n) is 6.70. The average molecular weight is 419 g/mol. The van der Waals surface area contributed by atoms with Crippen LogP contribution in [0.4, 0.5) is 5.69 Å². The molecule has 0 saturated carbocycles. The molecular weight excluding hydrogens is 398 g/mol. The summed E-state index contributed by atoms with van der Waals surface area (Å²) in [6.45, 7) is 4.25. The minimum Gasteiger partial charge on any atom is -0.494 e. The van der Waals surface area contributed by atoms with E-state index in [0.29, 0.717) is 47.7 Å². The summed E-state index contributed by atoms with van der Waals surface area (Å²) in [6.07, 6.45) is 0.504. The van der Waals surface area contributed by atoms with Crippen molar-refractivity contribution in [2.45, 2.75) is 26.7 Å². The van der Waals surface area contributed by atoms with Gasteiger partial charge >= 0.3 is 0 Å². The van der Waals surface area contributed by atoms with Crippen LogP contribution >= 0.6 is 0 Å². The third kappa shape index (κ3) is 4.95. The zero-order chi connectivity index (χ0) is 21.6. The number of carbonyl (C=O) groups excluding carboxylic acids is 1. The lowest BCUT2D eigenvalue weighted by Crippen LogP contribution is -2.13. The van der Waals surface area contributed by atoms with Crippen molar-refractivity contribution >= 4 is 11.6 Å². The van der Waals surface area contributed by atoms with E-state index >= 15 is 0 Å². The number of anilines is 1. The number of benzene rings is 2. The van der Waals surface area contributed by atoms with Gasteiger partial charge in [-0.05, 0) is 43.3 Å². The summed E-state index contributed by atoms with van der Waals surface area (Å²) in [5.41, 5.74) is 2.10. The van der Waals surface area contributed by atoms with Crippen molar-refractivity contribution in [1.29, 1.82) is 0 Å². The Hall–Kier alpha value is -4.01. The maximum atomic E-state index is 12.5. The number of hydrogen-bond acceptors (Lipinski definition) is 8. The van der Waals surface area contributed by atoms with Crippen molar-refractivity contribution in [3.63, 3.8) is 0 Å². The molecule has 2 aromatic heterocycles. The van der Waals surface area contributed by atoms with Crippen LogP contribution in [0.5, 0.6) is 5.75 Å². The first-order valence-corrected chi connectivity index (χ1v) is 9.87. The first-order valence-electron chi connectivity index (χ1n) is 9.87. The van der Waals surface area contributed by atoms with E-state index in [0.717, 1.165) is 11.3 Å². The molecule has 0 atom stereocenters. The number of carbonyl (C=O) groups is 1. The largest absolute Gasteiger partial charge is 0.494 e. The lowest BCUT2D eigenvalue weighted by molar-refractivity contribution is -0.116. The Morgan fingerprint density at radius 1 is 1.00 bits per heavy atom. The minimum absolute atomic E-state index is 0.185. The topological polar surface area (TPSA) is 116 Å². The first-order chi connectivity index (χ1) is 15.1. The molecule has 0 spiro atoms. The Labute approximate surface area is 178 Å². The van der Waals surface area contributed by atoms with E-state index in [1.165, 1.54) is 0 Å². The Morgan fingerprint density at radius 3 is 2.52 bits per heavy atom. The summed E-state index contributed by atoms with van der Waals surface area (Å²) in [6, 6.07) is 14.7. The predicted octanol–water partition coefficient (Wildman–Crippen LogP) is 4.07. The van der Waals surface area contributed by atoms with Gasteiger partial charge in [0, 0.05) is 30.9 Å². The van der Waals surface area contributed by atoms with E-state index in [2.05, 4.69) is 25.6 Å². The van der Waals surface area contributed by atoms with Gasteiger partial charge in [0.25, 0.3) is 0 Å². The van der Waals surface area contributed by atoms with Gasteiger partial charge in [0.1, 0.15) is 5.75 Å². The van der Waals surface area contributed by atoms with Gasteiger partial charge in [0.05, 0.1) is 12.3 Å². The summed E-state index contributed by atoms with van der Waals surface area (Å²) < 4.78 is 15.8. The number of rotatable bonds is 8. The Kier molecular flexibility index (Phi) is 6.02. The van der Waals surface area contributed by atoms with Crippen molar-refractivity contribution in [1.82, 2.24) is 20.3 Å². The highest BCUT2D eigenvalue weighted by atomic mass is 16.5. The van der Waals surface area contributed by atoms with Gasteiger partial charge in [0.15, 0.2) is 0 Å². The fourth-order valence-electron chi connectivity index (χ4n) is 2.97. The Balaban J connectivity index is 1.37. The monoisotopic (exact) mass is 419 g/mol. The minimum atomic E-state index is -0.187. The maximum absolute atomic E-state index is 12.5. The van der Waals surface area contributed by atoms with Crippen molar-refractivity contribution < 1.29 is 18.6 Å². The second-order valence-corrected chi connectivity index (χ2v) is 6.70. The molecule has 1 N–H and O–H groups in total. The molecule has 2 heterocycles. The van der Waals surface area contributed by atoms with Crippen molar-refractivity contribution in [3.8, 4) is 28.5 Å². The number of amides is 1. The molecule has 0 saturated heterocycles. The van der Waals surface area contributed by atoms with Crippen molar-refractivity contribution in [2.24, 2.45) is 0 Å². The van der Waals surface area contributed by atoms with Gasteiger partial charge in [-0.2, -0.15) is 9.97 Å². The number of ether oxygens (including phenoxy) is 1. The molecule has 31 heavy (non-hydrogen) atoms. The highest BCUT2D eigenvalue weighted by Gasteiger charge is 2.14. The normalized spacial score (nSPS) is 10.8. The smallest absolute Gasteiger partial charge is 0.227 e. The molecular formula is C22H21N5O4. The molecule has 1 amide bonds. The van der Waals surface area contributed by atoms with Crippen LogP contribution in [0, 0.1) is 6.92 Å². The maximum Gasteiger partial charge on any atom is 0.227 e. The zero-order valence-corrected chi connectivity index (χ0v) is 17.2. The Morgan fingerprint density at radius 2 is 1.77 bits per heavy atom. The fraction of sp³-hybridized carbons (Fsp3) is 0.227. The molecule has 2 aromatic carbocycles. The SMILES string of the molecule is CCOc1ccc(-c2noc(CCC(=O)Nc3ccccc3-c3noc(C)n3)n2)cc1. The van der Waals surface area contributed by atoms with Gasteiger partial charge in [-0.3, -0.25) is 4.79 Å². The number of hydrogen-bond donors (Lipinski definition) is 1. The summed E-state index contributed by atoms with van der Waals surface area (Å²) in [4.78, 5) is 21.1.